The molecule has 0 saturated carbocycles. The van der Waals surface area contributed by atoms with Crippen LogP contribution in [0.2, 0.25) is 0 Å². The Kier molecular flexibility index (Phi) is 3.40. The number of hydrogen-bond acceptors (Lipinski definition) is 4. The normalized spacial score (nSPS) is 11.8. The quantitative estimate of drug-likeness (QED) is 0.897. The summed E-state index contributed by atoms with van der Waals surface area (Å²) in [4.78, 5) is 6.59. The van der Waals surface area contributed by atoms with E-state index >= 15 is 0 Å². The molecule has 1 unspecified atom stereocenters. The summed E-state index contributed by atoms with van der Waals surface area (Å²) in [6.45, 7) is 4.17. The van der Waals surface area contributed by atoms with Gasteiger partial charge < -0.3 is 5.32 Å². The molecule has 0 aliphatic carbocycles. The molecule has 17 heavy (non-hydrogen) atoms. The first kappa shape index (κ1) is 11.6. The Hall–Kier alpha value is -1.86. The van der Waals surface area contributed by atoms with Crippen molar-refractivity contribution in [2.24, 2.45) is 0 Å². The van der Waals surface area contributed by atoms with Gasteiger partial charge in [-0.25, -0.2) is 0 Å². The minimum absolute atomic E-state index is 0.185. The van der Waals surface area contributed by atoms with E-state index in [1.807, 2.05) is 0 Å². The van der Waals surface area contributed by atoms with Crippen LogP contribution < -0.4 is 5.32 Å². The summed E-state index contributed by atoms with van der Waals surface area (Å²) in [7, 11) is 0. The highest BCUT2D eigenvalue weighted by Crippen LogP contribution is 2.26. The lowest BCUT2D eigenvalue weighted by molar-refractivity contribution is 0.905. The number of nitrogens with zero attached hydrogens (tertiary/aromatic N) is 2. The molecule has 0 spiro atoms. The number of nitriles is 1. The average molecular weight is 243 g/mol. The lowest BCUT2D eigenvalue weighted by atomic mass is 10.2. The van der Waals surface area contributed by atoms with E-state index in [1.165, 1.54) is 9.75 Å². The van der Waals surface area contributed by atoms with Gasteiger partial charge in [-0.05, 0) is 32.0 Å². The van der Waals surface area contributed by atoms with Crippen LogP contribution in [0, 0.1) is 18.3 Å². The van der Waals surface area contributed by atoms with Gasteiger partial charge in [-0.1, -0.05) is 0 Å². The molecule has 0 amide bonds. The van der Waals surface area contributed by atoms with Gasteiger partial charge >= 0.3 is 0 Å². The summed E-state index contributed by atoms with van der Waals surface area (Å²) in [6, 6.07) is 8.28. The SMILES string of the molecule is Cc1ccc(C(C)Nc2cnccc2C#N)s1. The van der Waals surface area contributed by atoms with E-state index in [9.17, 15) is 0 Å². The fourth-order valence-corrected chi connectivity index (χ4v) is 2.48. The highest BCUT2D eigenvalue weighted by Gasteiger charge is 2.09. The summed E-state index contributed by atoms with van der Waals surface area (Å²) >= 11 is 1.76. The lowest BCUT2D eigenvalue weighted by Crippen LogP contribution is -2.06. The van der Waals surface area contributed by atoms with Gasteiger partial charge in [-0.2, -0.15) is 5.26 Å². The number of thiophene rings is 1. The van der Waals surface area contributed by atoms with Crippen molar-refractivity contribution in [3.63, 3.8) is 0 Å². The van der Waals surface area contributed by atoms with Gasteiger partial charge in [-0.15, -0.1) is 11.3 Å². The molecule has 0 aromatic carbocycles. The molecule has 2 heterocycles. The van der Waals surface area contributed by atoms with Crippen molar-refractivity contribution in [3.05, 3.63) is 45.9 Å². The summed E-state index contributed by atoms with van der Waals surface area (Å²) in [6.07, 6.45) is 3.32. The predicted molar refractivity (Wildman–Crippen MR) is 70.0 cm³/mol. The number of nitrogens with one attached hydrogen (secondary N) is 1. The molecule has 3 nitrogen and oxygen atoms in total. The first-order valence-electron chi connectivity index (χ1n) is 5.37. The van der Waals surface area contributed by atoms with Crippen LogP contribution in [-0.2, 0) is 0 Å². The summed E-state index contributed by atoms with van der Waals surface area (Å²) < 4.78 is 0. The Morgan fingerprint density at radius 3 is 2.88 bits per heavy atom. The third kappa shape index (κ3) is 2.63. The van der Waals surface area contributed by atoms with Crippen molar-refractivity contribution in [2.45, 2.75) is 19.9 Å². The van der Waals surface area contributed by atoms with E-state index in [2.05, 4.69) is 42.4 Å². The van der Waals surface area contributed by atoms with Crippen molar-refractivity contribution in [2.75, 3.05) is 5.32 Å². The maximum atomic E-state index is 8.99. The zero-order valence-corrected chi connectivity index (χ0v) is 10.6. The lowest BCUT2D eigenvalue weighted by Gasteiger charge is -2.14. The van der Waals surface area contributed by atoms with Gasteiger partial charge in [0.05, 0.1) is 23.5 Å². The van der Waals surface area contributed by atoms with Crippen molar-refractivity contribution in [1.82, 2.24) is 4.98 Å². The molecule has 0 radical (unpaired) electrons. The monoisotopic (exact) mass is 243 g/mol. The molecule has 4 heteroatoms. The van der Waals surface area contributed by atoms with Crippen molar-refractivity contribution in [3.8, 4) is 6.07 Å². The Bertz CT molecular complexity index is 554. The fraction of sp³-hybridized carbons (Fsp3) is 0.231. The molecule has 0 aliphatic rings. The average Bonchev–Trinajstić information content (AvgIpc) is 2.77. The summed E-state index contributed by atoms with van der Waals surface area (Å²) in [5.74, 6) is 0. The van der Waals surface area contributed by atoms with E-state index < -0.39 is 0 Å². The molecule has 0 aliphatic heterocycles. The zero-order valence-electron chi connectivity index (χ0n) is 9.77. The Morgan fingerprint density at radius 2 is 2.24 bits per heavy atom. The molecule has 86 valence electrons. The summed E-state index contributed by atoms with van der Waals surface area (Å²) in [5.41, 5.74) is 1.41. The van der Waals surface area contributed by atoms with Gasteiger partial charge in [0.1, 0.15) is 6.07 Å². The highest BCUT2D eigenvalue weighted by atomic mass is 32.1. The van der Waals surface area contributed by atoms with E-state index in [4.69, 9.17) is 5.26 Å². The molecule has 1 atom stereocenters. The molecule has 0 bridgehead atoms. The number of anilines is 1. The molecular formula is C13H13N3S. The second-order valence-corrected chi connectivity index (χ2v) is 5.17. The van der Waals surface area contributed by atoms with Crippen molar-refractivity contribution >= 4 is 17.0 Å². The van der Waals surface area contributed by atoms with Crippen LogP contribution in [0.3, 0.4) is 0 Å². The molecule has 0 fully saturated rings. The Labute approximate surface area is 105 Å². The second-order valence-electron chi connectivity index (χ2n) is 3.85. The molecule has 1 N–H and O–H groups in total. The van der Waals surface area contributed by atoms with Crippen LogP contribution in [0.15, 0.2) is 30.6 Å². The number of aryl methyl sites for hydroxylation is 1. The van der Waals surface area contributed by atoms with E-state index in [1.54, 1.807) is 29.8 Å². The topological polar surface area (TPSA) is 48.7 Å². The molecule has 0 saturated heterocycles. The number of pyridine rings is 1. The second kappa shape index (κ2) is 4.98. The Balaban J connectivity index is 2.19. The maximum absolute atomic E-state index is 8.99. The largest absolute Gasteiger partial charge is 0.375 e. The highest BCUT2D eigenvalue weighted by molar-refractivity contribution is 7.12. The van der Waals surface area contributed by atoms with Crippen LogP contribution in [0.25, 0.3) is 0 Å². The van der Waals surface area contributed by atoms with Crippen molar-refractivity contribution in [1.29, 1.82) is 5.26 Å². The van der Waals surface area contributed by atoms with Gasteiger partial charge in [0.15, 0.2) is 0 Å². The minimum atomic E-state index is 0.185. The first-order chi connectivity index (χ1) is 8.20. The van der Waals surface area contributed by atoms with Gasteiger partial charge in [-0.3, -0.25) is 4.98 Å². The first-order valence-corrected chi connectivity index (χ1v) is 6.19. The molecule has 2 rings (SSSR count). The number of hydrogen-bond donors (Lipinski definition) is 1. The summed E-state index contributed by atoms with van der Waals surface area (Å²) in [5, 5.41) is 12.3. The van der Waals surface area contributed by atoms with E-state index in [0.29, 0.717) is 5.56 Å². The zero-order chi connectivity index (χ0) is 12.3. The Morgan fingerprint density at radius 1 is 1.41 bits per heavy atom. The van der Waals surface area contributed by atoms with E-state index in [0.717, 1.165) is 5.69 Å². The third-order valence-electron chi connectivity index (χ3n) is 2.50. The smallest absolute Gasteiger partial charge is 0.101 e. The van der Waals surface area contributed by atoms with Gasteiger partial charge in [0.2, 0.25) is 0 Å². The molecular weight excluding hydrogens is 230 g/mol. The minimum Gasteiger partial charge on any atom is -0.375 e. The van der Waals surface area contributed by atoms with Crippen LogP contribution in [0.5, 0.6) is 0 Å². The van der Waals surface area contributed by atoms with Gasteiger partial charge in [0.25, 0.3) is 0 Å². The standard InChI is InChI=1S/C13H13N3S/c1-9-3-4-13(17-9)10(2)16-12-8-15-6-5-11(12)7-14/h3-6,8,10,16H,1-2H3. The predicted octanol–water partition coefficient (Wildman–Crippen LogP) is 3.50. The number of rotatable bonds is 3. The maximum Gasteiger partial charge on any atom is 0.101 e. The van der Waals surface area contributed by atoms with Crippen LogP contribution in [0.1, 0.15) is 28.3 Å². The van der Waals surface area contributed by atoms with Gasteiger partial charge in [0, 0.05) is 16.0 Å². The fourth-order valence-electron chi connectivity index (χ4n) is 1.60. The van der Waals surface area contributed by atoms with E-state index in [-0.39, 0.29) is 6.04 Å². The third-order valence-corrected chi connectivity index (χ3v) is 3.68. The van der Waals surface area contributed by atoms with Crippen LogP contribution in [0.4, 0.5) is 5.69 Å². The molecule has 2 aromatic heterocycles. The van der Waals surface area contributed by atoms with Crippen LogP contribution >= 0.6 is 11.3 Å². The number of aromatic nitrogens is 1. The van der Waals surface area contributed by atoms with Crippen molar-refractivity contribution < 1.29 is 0 Å². The van der Waals surface area contributed by atoms with Crippen LogP contribution in [-0.4, -0.2) is 4.98 Å². The molecule has 2 aromatic rings.